The van der Waals surface area contributed by atoms with Gasteiger partial charge < -0.3 is 29.9 Å². The third kappa shape index (κ3) is 5.03. The van der Waals surface area contributed by atoms with Crippen molar-refractivity contribution in [2.75, 3.05) is 6.61 Å². The lowest BCUT2D eigenvalue weighted by Gasteiger charge is -2.39. The number of rotatable bonds is 6. The summed E-state index contributed by atoms with van der Waals surface area (Å²) < 4.78 is 41.2. The number of nitrogens with zero attached hydrogens (tertiary/aromatic N) is 5. The molecule has 0 amide bonds. The van der Waals surface area contributed by atoms with Crippen molar-refractivity contribution in [3.05, 3.63) is 77.3 Å². The predicted molar refractivity (Wildman–Crippen MR) is 131 cm³/mol. The Balaban J connectivity index is 1.34. The molecule has 0 bridgehead atoms. The van der Waals surface area contributed by atoms with Crippen molar-refractivity contribution in [3.63, 3.8) is 0 Å². The number of aliphatic hydroxyl groups excluding tert-OH is 4. The van der Waals surface area contributed by atoms with Gasteiger partial charge in [-0.3, -0.25) is 9.98 Å². The molecule has 5 rings (SSSR count). The zero-order chi connectivity index (χ0) is 27.8. The molecule has 4 aromatic rings. The van der Waals surface area contributed by atoms with Crippen LogP contribution in [0.1, 0.15) is 11.4 Å². The van der Waals surface area contributed by atoms with Gasteiger partial charge in [0.05, 0.1) is 18.5 Å². The highest BCUT2D eigenvalue weighted by atomic mass is 19.1. The number of aryl methyl sites for hydroxylation is 1. The van der Waals surface area contributed by atoms with Crippen molar-refractivity contribution in [3.8, 4) is 11.4 Å². The second-order valence-corrected chi connectivity index (χ2v) is 8.83. The summed E-state index contributed by atoms with van der Waals surface area (Å²) in [4.78, 5) is 8.60. The van der Waals surface area contributed by atoms with Crippen molar-refractivity contribution in [1.82, 2.24) is 19.2 Å². The Hall–Kier alpha value is -4.08. The van der Waals surface area contributed by atoms with E-state index in [9.17, 15) is 29.2 Å². The first kappa shape index (κ1) is 26.5. The van der Waals surface area contributed by atoms with Crippen LogP contribution in [0.3, 0.4) is 0 Å². The average molecular weight is 542 g/mol. The van der Waals surface area contributed by atoms with Crippen LogP contribution in [0.4, 0.5) is 8.78 Å². The lowest BCUT2D eigenvalue weighted by Crippen LogP contribution is -2.60. The largest absolute Gasteiger partial charge is 0.462 e. The van der Waals surface area contributed by atoms with E-state index in [0.717, 1.165) is 12.1 Å². The number of ether oxygens (including phenoxy) is 2. The van der Waals surface area contributed by atoms with Crippen molar-refractivity contribution in [2.45, 2.75) is 37.6 Å². The molecule has 2 aromatic carbocycles. The summed E-state index contributed by atoms with van der Waals surface area (Å²) in [6.45, 7) is 1.05. The fraction of sp³-hybridized carbons (Fsp3) is 0.280. The fourth-order valence-electron chi connectivity index (χ4n) is 4.17. The van der Waals surface area contributed by atoms with Gasteiger partial charge in [0.25, 0.3) is 0 Å². The SMILES string of the molecule is Cc1nc2c(=N)n(/N=C\c3ccc(OC4OC(CO)C(O)C(O)C4O)cc3)cnc2n1-c1ccc(F)cc1F. The van der Waals surface area contributed by atoms with Crippen LogP contribution in [-0.4, -0.2) is 83.2 Å². The van der Waals surface area contributed by atoms with E-state index in [4.69, 9.17) is 14.9 Å². The summed E-state index contributed by atoms with van der Waals surface area (Å²) in [7, 11) is 0. The van der Waals surface area contributed by atoms with Gasteiger partial charge >= 0.3 is 0 Å². The molecule has 2 aromatic heterocycles. The maximum atomic E-state index is 14.4. The van der Waals surface area contributed by atoms with Gasteiger partial charge in [0.15, 0.2) is 16.7 Å². The summed E-state index contributed by atoms with van der Waals surface area (Å²) in [5.41, 5.74) is 0.931. The molecule has 204 valence electrons. The summed E-state index contributed by atoms with van der Waals surface area (Å²) >= 11 is 0. The zero-order valence-electron chi connectivity index (χ0n) is 20.4. The van der Waals surface area contributed by atoms with Gasteiger partial charge in [-0.05, 0) is 48.9 Å². The quantitative estimate of drug-likeness (QED) is 0.217. The van der Waals surface area contributed by atoms with Crippen LogP contribution in [0.2, 0.25) is 0 Å². The predicted octanol–water partition coefficient (Wildman–Crippen LogP) is 0.349. The highest BCUT2D eigenvalue weighted by Crippen LogP contribution is 2.25. The Morgan fingerprint density at radius 2 is 1.85 bits per heavy atom. The Morgan fingerprint density at radius 1 is 1.10 bits per heavy atom. The summed E-state index contributed by atoms with van der Waals surface area (Å²) in [5, 5.41) is 51.9. The number of fused-ring (bicyclic) bond motifs is 1. The highest BCUT2D eigenvalue weighted by molar-refractivity contribution is 5.80. The molecule has 3 heterocycles. The third-order valence-electron chi connectivity index (χ3n) is 6.23. The number of imidazole rings is 1. The molecular weight excluding hydrogens is 518 g/mol. The van der Waals surface area contributed by atoms with Crippen LogP contribution < -0.4 is 10.2 Å². The molecule has 5 unspecified atom stereocenters. The van der Waals surface area contributed by atoms with Crippen molar-refractivity contribution in [2.24, 2.45) is 5.10 Å². The minimum absolute atomic E-state index is 0.0515. The maximum Gasteiger partial charge on any atom is 0.229 e. The number of hydrogen-bond donors (Lipinski definition) is 5. The van der Waals surface area contributed by atoms with E-state index in [1.54, 1.807) is 31.2 Å². The smallest absolute Gasteiger partial charge is 0.229 e. The molecule has 39 heavy (non-hydrogen) atoms. The van der Waals surface area contributed by atoms with Gasteiger partial charge in [-0.1, -0.05) is 0 Å². The number of benzene rings is 2. The van der Waals surface area contributed by atoms with E-state index in [0.29, 0.717) is 11.4 Å². The number of halogens is 2. The minimum atomic E-state index is -1.56. The summed E-state index contributed by atoms with van der Waals surface area (Å²) in [6.07, 6.45) is -4.26. The van der Waals surface area contributed by atoms with Crippen molar-refractivity contribution >= 4 is 17.4 Å². The third-order valence-corrected chi connectivity index (χ3v) is 6.23. The topological polar surface area (TPSA) is 171 Å². The Labute approximate surface area is 219 Å². The Bertz CT molecular complexity index is 1590. The zero-order valence-corrected chi connectivity index (χ0v) is 20.4. The van der Waals surface area contributed by atoms with Gasteiger partial charge in [-0.2, -0.15) is 5.10 Å². The summed E-state index contributed by atoms with van der Waals surface area (Å²) in [5.74, 6) is -0.872. The molecular formula is C25H24F2N6O6. The second kappa shape index (κ2) is 10.6. The van der Waals surface area contributed by atoms with E-state index >= 15 is 0 Å². The molecule has 1 aliphatic heterocycles. The molecule has 5 N–H and O–H groups in total. The first-order chi connectivity index (χ1) is 18.7. The molecule has 1 fully saturated rings. The molecule has 5 atom stereocenters. The lowest BCUT2D eigenvalue weighted by atomic mass is 9.99. The molecule has 14 heteroatoms. The average Bonchev–Trinajstić information content (AvgIpc) is 3.26. The number of aliphatic hydroxyl groups is 4. The molecule has 0 radical (unpaired) electrons. The number of nitrogens with one attached hydrogen (secondary N) is 1. The maximum absolute atomic E-state index is 14.4. The standard InChI is InChI=1S/C25H24F2N6O6/c1-12-31-19-23(28)32(11-29-24(19)33(12)17-7-4-14(26)8-16(17)27)30-9-13-2-5-15(6-3-13)38-25-22(37)21(36)20(35)18(10-34)39-25/h2-9,11,18,20-22,25,28,34-37H,10H2,1H3/b28-23?,30-9-. The summed E-state index contributed by atoms with van der Waals surface area (Å²) in [6, 6.07) is 9.53. The Kier molecular flexibility index (Phi) is 7.20. The lowest BCUT2D eigenvalue weighted by molar-refractivity contribution is -0.277. The molecule has 1 aliphatic rings. The van der Waals surface area contributed by atoms with Crippen LogP contribution in [0.15, 0.2) is 53.9 Å². The van der Waals surface area contributed by atoms with E-state index in [1.807, 2.05) is 0 Å². The van der Waals surface area contributed by atoms with Crippen LogP contribution in [0, 0.1) is 24.0 Å². The monoisotopic (exact) mass is 542 g/mol. The molecule has 1 saturated heterocycles. The minimum Gasteiger partial charge on any atom is -0.462 e. The van der Waals surface area contributed by atoms with E-state index in [1.165, 1.54) is 27.9 Å². The molecule has 0 spiro atoms. The molecule has 0 saturated carbocycles. The van der Waals surface area contributed by atoms with Crippen LogP contribution in [0.25, 0.3) is 16.9 Å². The van der Waals surface area contributed by atoms with Crippen LogP contribution in [0.5, 0.6) is 5.75 Å². The van der Waals surface area contributed by atoms with Gasteiger partial charge in [0.1, 0.15) is 54.0 Å². The van der Waals surface area contributed by atoms with Crippen LogP contribution >= 0.6 is 0 Å². The molecule has 12 nitrogen and oxygen atoms in total. The number of aromatic nitrogens is 4. The van der Waals surface area contributed by atoms with Crippen molar-refractivity contribution < 1.29 is 38.7 Å². The van der Waals surface area contributed by atoms with Gasteiger partial charge in [-0.25, -0.2) is 23.4 Å². The van der Waals surface area contributed by atoms with Gasteiger partial charge in [0.2, 0.25) is 6.29 Å². The van der Waals surface area contributed by atoms with E-state index < -0.39 is 48.9 Å². The normalized spacial score (nSPS) is 23.5. The van der Waals surface area contributed by atoms with Gasteiger partial charge in [0, 0.05) is 6.07 Å². The molecule has 0 aliphatic carbocycles. The first-order valence-corrected chi connectivity index (χ1v) is 11.8. The van der Waals surface area contributed by atoms with Crippen molar-refractivity contribution in [1.29, 1.82) is 5.41 Å². The van der Waals surface area contributed by atoms with E-state index in [2.05, 4.69) is 15.1 Å². The first-order valence-electron chi connectivity index (χ1n) is 11.8. The fourth-order valence-corrected chi connectivity index (χ4v) is 4.17. The number of hydrogen-bond acceptors (Lipinski definition) is 10. The second-order valence-electron chi connectivity index (χ2n) is 8.83. The van der Waals surface area contributed by atoms with Crippen LogP contribution in [-0.2, 0) is 4.74 Å². The highest BCUT2D eigenvalue weighted by Gasteiger charge is 2.44. The Morgan fingerprint density at radius 3 is 2.54 bits per heavy atom. The van der Waals surface area contributed by atoms with E-state index in [-0.39, 0.29) is 28.1 Å². The van der Waals surface area contributed by atoms with Gasteiger partial charge in [-0.15, -0.1) is 0 Å².